The Kier molecular flexibility index (Phi) is 5.42. The van der Waals surface area contributed by atoms with Gasteiger partial charge in [-0.05, 0) is 25.0 Å². The summed E-state index contributed by atoms with van der Waals surface area (Å²) < 4.78 is 10.8. The minimum absolute atomic E-state index is 0.0112. The van der Waals surface area contributed by atoms with Crippen LogP contribution in [-0.2, 0) is 16.0 Å². The van der Waals surface area contributed by atoms with E-state index in [-0.39, 0.29) is 18.4 Å². The van der Waals surface area contributed by atoms with Crippen molar-refractivity contribution in [2.75, 3.05) is 19.0 Å². The van der Waals surface area contributed by atoms with Crippen molar-refractivity contribution in [1.29, 1.82) is 0 Å². The Morgan fingerprint density at radius 1 is 1.41 bits per heavy atom. The topological polar surface area (TPSA) is 86.2 Å². The second kappa shape index (κ2) is 8.12. The number of amides is 1. The molecule has 3 aromatic rings. The quantitative estimate of drug-likeness (QED) is 0.677. The van der Waals surface area contributed by atoms with Crippen LogP contribution in [0.4, 0.5) is 5.13 Å². The highest BCUT2D eigenvalue weighted by Gasteiger charge is 2.22. The number of aromatic nitrogens is 3. The lowest BCUT2D eigenvalue weighted by molar-refractivity contribution is -0.115. The molecule has 4 rings (SSSR count). The van der Waals surface area contributed by atoms with Gasteiger partial charge in [-0.2, -0.15) is 0 Å². The van der Waals surface area contributed by atoms with E-state index in [4.69, 9.17) is 9.47 Å². The van der Waals surface area contributed by atoms with Crippen LogP contribution in [0.3, 0.4) is 0 Å². The summed E-state index contributed by atoms with van der Waals surface area (Å²) in [5.41, 5.74) is 1.69. The highest BCUT2D eigenvalue weighted by molar-refractivity contribution is 7.15. The summed E-state index contributed by atoms with van der Waals surface area (Å²) >= 11 is 2.87. The van der Waals surface area contributed by atoms with Gasteiger partial charge in [0.15, 0.2) is 0 Å². The van der Waals surface area contributed by atoms with Crippen molar-refractivity contribution >= 4 is 33.7 Å². The summed E-state index contributed by atoms with van der Waals surface area (Å²) in [4.78, 5) is 16.9. The molecule has 1 aliphatic heterocycles. The molecule has 0 aliphatic carbocycles. The fraction of sp³-hybridized carbons (Fsp3) is 0.333. The molecule has 9 heteroatoms. The van der Waals surface area contributed by atoms with Gasteiger partial charge in [-0.1, -0.05) is 23.5 Å². The van der Waals surface area contributed by atoms with E-state index in [9.17, 15) is 4.79 Å². The smallest absolute Gasteiger partial charge is 0.232 e. The fourth-order valence-corrected chi connectivity index (χ4v) is 4.45. The van der Waals surface area contributed by atoms with Gasteiger partial charge in [0.2, 0.25) is 11.0 Å². The van der Waals surface area contributed by atoms with E-state index in [0.717, 1.165) is 46.5 Å². The SMILES string of the molecule is COc1cccc(-c2nc(CC(=O)Nc3nnc(C4CCCO4)s3)cs2)c1. The van der Waals surface area contributed by atoms with Crippen LogP contribution < -0.4 is 10.1 Å². The molecule has 1 aromatic carbocycles. The minimum Gasteiger partial charge on any atom is -0.497 e. The minimum atomic E-state index is -0.160. The van der Waals surface area contributed by atoms with Gasteiger partial charge in [-0.15, -0.1) is 21.5 Å². The van der Waals surface area contributed by atoms with E-state index in [2.05, 4.69) is 20.5 Å². The molecular formula is C18H18N4O3S2. The molecular weight excluding hydrogens is 384 g/mol. The Labute approximate surface area is 164 Å². The van der Waals surface area contributed by atoms with Crippen LogP contribution in [0.25, 0.3) is 10.6 Å². The van der Waals surface area contributed by atoms with Crippen LogP contribution >= 0.6 is 22.7 Å². The molecule has 1 fully saturated rings. The molecule has 27 heavy (non-hydrogen) atoms. The summed E-state index contributed by atoms with van der Waals surface area (Å²) in [6.07, 6.45) is 2.19. The molecule has 1 saturated heterocycles. The summed E-state index contributed by atoms with van der Waals surface area (Å²) in [6, 6.07) is 7.71. The first-order valence-corrected chi connectivity index (χ1v) is 10.2. The van der Waals surface area contributed by atoms with Crippen molar-refractivity contribution in [2.24, 2.45) is 0 Å². The van der Waals surface area contributed by atoms with E-state index in [1.54, 1.807) is 7.11 Å². The van der Waals surface area contributed by atoms with Gasteiger partial charge in [0.1, 0.15) is 21.9 Å². The fourth-order valence-electron chi connectivity index (χ4n) is 2.79. The normalized spacial score (nSPS) is 16.4. The molecule has 1 N–H and O–H groups in total. The Hall–Kier alpha value is -2.36. The number of ether oxygens (including phenoxy) is 2. The van der Waals surface area contributed by atoms with E-state index < -0.39 is 0 Å². The zero-order chi connectivity index (χ0) is 18.6. The highest BCUT2D eigenvalue weighted by Crippen LogP contribution is 2.32. The molecule has 140 valence electrons. The van der Waals surface area contributed by atoms with E-state index in [1.165, 1.54) is 22.7 Å². The standard InChI is InChI=1S/C18H18N4O3S2/c1-24-13-5-2-4-11(8-13)16-19-12(10-26-16)9-15(23)20-18-22-21-17(27-18)14-6-3-7-25-14/h2,4-5,8,10,14H,3,6-7,9H2,1H3,(H,20,22,23). The van der Waals surface area contributed by atoms with Crippen LogP contribution in [0.2, 0.25) is 0 Å². The Morgan fingerprint density at radius 2 is 2.33 bits per heavy atom. The Balaban J connectivity index is 1.38. The monoisotopic (exact) mass is 402 g/mol. The maximum atomic E-state index is 12.3. The molecule has 2 aromatic heterocycles. The molecule has 1 aliphatic rings. The van der Waals surface area contributed by atoms with E-state index >= 15 is 0 Å². The average molecular weight is 403 g/mol. The third kappa shape index (κ3) is 4.32. The second-order valence-electron chi connectivity index (χ2n) is 6.05. The number of methoxy groups -OCH3 is 1. The van der Waals surface area contributed by atoms with Gasteiger partial charge >= 0.3 is 0 Å². The summed E-state index contributed by atoms with van der Waals surface area (Å²) in [7, 11) is 1.63. The molecule has 0 bridgehead atoms. The molecule has 1 amide bonds. The molecule has 7 nitrogen and oxygen atoms in total. The second-order valence-corrected chi connectivity index (χ2v) is 7.92. The van der Waals surface area contributed by atoms with Gasteiger partial charge < -0.3 is 14.8 Å². The van der Waals surface area contributed by atoms with Crippen LogP contribution in [0.1, 0.15) is 29.6 Å². The Bertz CT molecular complexity index is 934. The average Bonchev–Trinajstić information content (AvgIpc) is 3.43. The first kappa shape index (κ1) is 18.0. The number of carbonyl (C=O) groups excluding carboxylic acids is 1. The van der Waals surface area contributed by atoms with Crippen molar-refractivity contribution < 1.29 is 14.3 Å². The maximum absolute atomic E-state index is 12.3. The first-order valence-electron chi connectivity index (χ1n) is 8.55. The van der Waals surface area contributed by atoms with Crippen molar-refractivity contribution in [2.45, 2.75) is 25.4 Å². The predicted octanol–water partition coefficient (Wildman–Crippen LogP) is 3.70. The Morgan fingerprint density at radius 3 is 3.15 bits per heavy atom. The number of benzene rings is 1. The number of nitrogens with one attached hydrogen (secondary N) is 1. The van der Waals surface area contributed by atoms with Gasteiger partial charge in [0.05, 0.1) is 19.2 Å². The third-order valence-electron chi connectivity index (χ3n) is 4.10. The van der Waals surface area contributed by atoms with Crippen molar-refractivity contribution in [3.63, 3.8) is 0 Å². The molecule has 1 atom stereocenters. The maximum Gasteiger partial charge on any atom is 0.232 e. The number of hydrogen-bond donors (Lipinski definition) is 1. The van der Waals surface area contributed by atoms with Gasteiger partial charge in [-0.3, -0.25) is 4.79 Å². The van der Waals surface area contributed by atoms with E-state index in [1.807, 2.05) is 29.6 Å². The van der Waals surface area contributed by atoms with Gasteiger partial charge in [0, 0.05) is 17.6 Å². The van der Waals surface area contributed by atoms with Gasteiger partial charge in [-0.25, -0.2) is 4.98 Å². The summed E-state index contributed by atoms with van der Waals surface area (Å²) in [5.74, 6) is 0.618. The van der Waals surface area contributed by atoms with E-state index in [0.29, 0.717) is 5.13 Å². The van der Waals surface area contributed by atoms with Crippen LogP contribution in [0.5, 0.6) is 5.75 Å². The molecule has 0 saturated carbocycles. The van der Waals surface area contributed by atoms with Crippen LogP contribution in [0, 0.1) is 0 Å². The molecule has 0 radical (unpaired) electrons. The molecule has 0 spiro atoms. The molecule has 1 unspecified atom stereocenters. The largest absolute Gasteiger partial charge is 0.497 e. The lowest BCUT2D eigenvalue weighted by Gasteiger charge is -2.02. The van der Waals surface area contributed by atoms with Crippen molar-refractivity contribution in [1.82, 2.24) is 15.2 Å². The number of anilines is 1. The number of carbonyl (C=O) groups is 1. The lowest BCUT2D eigenvalue weighted by atomic mass is 10.2. The molecule has 3 heterocycles. The summed E-state index contributed by atoms with van der Waals surface area (Å²) in [5, 5.41) is 15.0. The first-order chi connectivity index (χ1) is 13.2. The zero-order valence-corrected chi connectivity index (χ0v) is 16.3. The predicted molar refractivity (Wildman–Crippen MR) is 104 cm³/mol. The number of rotatable bonds is 6. The van der Waals surface area contributed by atoms with Gasteiger partial charge in [0.25, 0.3) is 0 Å². The van der Waals surface area contributed by atoms with Crippen LogP contribution in [0.15, 0.2) is 29.6 Å². The zero-order valence-electron chi connectivity index (χ0n) is 14.7. The number of nitrogens with zero attached hydrogens (tertiary/aromatic N) is 3. The van der Waals surface area contributed by atoms with Crippen molar-refractivity contribution in [3.8, 4) is 16.3 Å². The lowest BCUT2D eigenvalue weighted by Crippen LogP contribution is -2.14. The third-order valence-corrected chi connectivity index (χ3v) is 5.97. The number of hydrogen-bond acceptors (Lipinski definition) is 8. The highest BCUT2D eigenvalue weighted by atomic mass is 32.1. The summed E-state index contributed by atoms with van der Waals surface area (Å²) in [6.45, 7) is 0.755. The number of thiazole rings is 1. The van der Waals surface area contributed by atoms with Crippen molar-refractivity contribution in [3.05, 3.63) is 40.3 Å². The van der Waals surface area contributed by atoms with Crippen LogP contribution in [-0.4, -0.2) is 34.8 Å².